The molecule has 1 aromatic rings. The van der Waals surface area contributed by atoms with Gasteiger partial charge in [0, 0.05) is 19.1 Å². The standard InChI is InChI=1S/C12H16F2N2O2S/c1-8-4-5-16(7-12(8)15)19(17,18)9-2-3-10(13)11(14)6-9/h2-3,6,8,12H,4-5,7,15H2,1H3. The van der Waals surface area contributed by atoms with Crippen molar-refractivity contribution in [3.8, 4) is 0 Å². The van der Waals surface area contributed by atoms with Gasteiger partial charge < -0.3 is 5.73 Å². The fourth-order valence-corrected chi connectivity index (χ4v) is 3.58. The second-order valence-corrected chi connectivity index (χ2v) is 6.81. The van der Waals surface area contributed by atoms with Crippen LogP contribution in [0.15, 0.2) is 23.1 Å². The SMILES string of the molecule is CC1CCN(S(=O)(=O)c2ccc(F)c(F)c2)CC1N. The minimum absolute atomic E-state index is 0.197. The number of sulfonamides is 1. The summed E-state index contributed by atoms with van der Waals surface area (Å²) >= 11 is 0. The van der Waals surface area contributed by atoms with E-state index in [1.807, 2.05) is 6.92 Å². The summed E-state index contributed by atoms with van der Waals surface area (Å²) in [5.41, 5.74) is 5.86. The van der Waals surface area contributed by atoms with E-state index in [1.54, 1.807) is 0 Å². The van der Waals surface area contributed by atoms with Gasteiger partial charge >= 0.3 is 0 Å². The lowest BCUT2D eigenvalue weighted by molar-refractivity contribution is 0.253. The minimum Gasteiger partial charge on any atom is -0.326 e. The number of piperidine rings is 1. The van der Waals surface area contributed by atoms with Gasteiger partial charge in [-0.2, -0.15) is 4.31 Å². The van der Waals surface area contributed by atoms with Crippen LogP contribution in [0.5, 0.6) is 0 Å². The Hall–Kier alpha value is -1.05. The molecule has 0 spiro atoms. The summed E-state index contributed by atoms with van der Waals surface area (Å²) in [6.07, 6.45) is 0.657. The van der Waals surface area contributed by atoms with Crippen LogP contribution in [0.3, 0.4) is 0 Å². The molecule has 4 nitrogen and oxygen atoms in total. The highest BCUT2D eigenvalue weighted by Crippen LogP contribution is 2.23. The number of benzene rings is 1. The Morgan fingerprint density at radius 2 is 2.00 bits per heavy atom. The van der Waals surface area contributed by atoms with Gasteiger partial charge in [-0.3, -0.25) is 0 Å². The summed E-state index contributed by atoms with van der Waals surface area (Å²) < 4.78 is 51.8. The van der Waals surface area contributed by atoms with Crippen LogP contribution in [0.25, 0.3) is 0 Å². The summed E-state index contributed by atoms with van der Waals surface area (Å²) in [7, 11) is -3.81. The van der Waals surface area contributed by atoms with Crippen LogP contribution in [0, 0.1) is 17.6 Å². The lowest BCUT2D eigenvalue weighted by Crippen LogP contribution is -2.49. The Morgan fingerprint density at radius 1 is 1.32 bits per heavy atom. The van der Waals surface area contributed by atoms with Gasteiger partial charge in [0.25, 0.3) is 0 Å². The molecule has 1 heterocycles. The topological polar surface area (TPSA) is 63.4 Å². The first-order chi connectivity index (χ1) is 8.82. The highest BCUT2D eigenvalue weighted by Gasteiger charge is 2.32. The van der Waals surface area contributed by atoms with Crippen molar-refractivity contribution in [3.05, 3.63) is 29.8 Å². The first kappa shape index (κ1) is 14.4. The first-order valence-corrected chi connectivity index (χ1v) is 7.47. The molecule has 1 aliphatic rings. The van der Waals surface area contributed by atoms with Crippen molar-refractivity contribution in [2.75, 3.05) is 13.1 Å². The molecule has 0 bridgehead atoms. The molecule has 1 fully saturated rings. The van der Waals surface area contributed by atoms with Crippen molar-refractivity contribution in [1.29, 1.82) is 0 Å². The van der Waals surface area contributed by atoms with Crippen LogP contribution in [0.4, 0.5) is 8.78 Å². The maximum Gasteiger partial charge on any atom is 0.243 e. The molecule has 0 aromatic heterocycles. The van der Waals surface area contributed by atoms with Gasteiger partial charge in [-0.25, -0.2) is 17.2 Å². The quantitative estimate of drug-likeness (QED) is 0.893. The molecule has 1 aliphatic heterocycles. The maximum absolute atomic E-state index is 13.1. The van der Waals surface area contributed by atoms with Crippen LogP contribution in [-0.2, 0) is 10.0 Å². The van der Waals surface area contributed by atoms with E-state index in [4.69, 9.17) is 5.73 Å². The van der Waals surface area contributed by atoms with Crippen LogP contribution in [-0.4, -0.2) is 31.9 Å². The summed E-state index contributed by atoms with van der Waals surface area (Å²) in [4.78, 5) is -0.242. The largest absolute Gasteiger partial charge is 0.326 e. The second kappa shape index (κ2) is 5.15. The van der Waals surface area contributed by atoms with Crippen LogP contribution in [0.2, 0.25) is 0 Å². The molecule has 2 atom stereocenters. The van der Waals surface area contributed by atoms with Gasteiger partial charge in [0.2, 0.25) is 10.0 Å². The lowest BCUT2D eigenvalue weighted by atomic mass is 9.96. The number of halogens is 2. The average molecular weight is 290 g/mol. The molecule has 2 N–H and O–H groups in total. The van der Waals surface area contributed by atoms with E-state index in [0.29, 0.717) is 19.0 Å². The van der Waals surface area contributed by atoms with Crippen molar-refractivity contribution in [2.45, 2.75) is 24.3 Å². The molecule has 0 saturated carbocycles. The summed E-state index contributed by atoms with van der Waals surface area (Å²) in [6.45, 7) is 2.50. The van der Waals surface area contributed by atoms with Crippen molar-refractivity contribution in [2.24, 2.45) is 11.7 Å². The molecule has 0 radical (unpaired) electrons. The van der Waals surface area contributed by atoms with Gasteiger partial charge in [-0.05, 0) is 30.5 Å². The van der Waals surface area contributed by atoms with Gasteiger partial charge in [-0.15, -0.1) is 0 Å². The predicted molar refractivity (Wildman–Crippen MR) is 66.9 cm³/mol. The van der Waals surface area contributed by atoms with E-state index < -0.39 is 21.7 Å². The Labute approximate surface area is 111 Å². The number of nitrogens with two attached hydrogens (primary N) is 1. The number of hydrogen-bond acceptors (Lipinski definition) is 3. The minimum atomic E-state index is -3.81. The van der Waals surface area contributed by atoms with Crippen molar-refractivity contribution in [3.63, 3.8) is 0 Å². The van der Waals surface area contributed by atoms with Crippen molar-refractivity contribution < 1.29 is 17.2 Å². The molecule has 2 rings (SSSR count). The summed E-state index contributed by atoms with van der Waals surface area (Å²) in [5.74, 6) is -1.99. The zero-order valence-electron chi connectivity index (χ0n) is 10.5. The Balaban J connectivity index is 2.29. The van der Waals surface area contributed by atoms with Gasteiger partial charge in [-0.1, -0.05) is 6.92 Å². The average Bonchev–Trinajstić information content (AvgIpc) is 2.35. The number of rotatable bonds is 2. The zero-order chi connectivity index (χ0) is 14.2. The van der Waals surface area contributed by atoms with Crippen molar-refractivity contribution >= 4 is 10.0 Å². The van der Waals surface area contributed by atoms with Gasteiger partial charge in [0.1, 0.15) is 0 Å². The third-order valence-electron chi connectivity index (χ3n) is 3.51. The molecule has 7 heteroatoms. The highest BCUT2D eigenvalue weighted by molar-refractivity contribution is 7.89. The van der Waals surface area contributed by atoms with Crippen LogP contribution >= 0.6 is 0 Å². The fourth-order valence-electron chi connectivity index (χ4n) is 2.07. The molecule has 19 heavy (non-hydrogen) atoms. The second-order valence-electron chi connectivity index (χ2n) is 4.87. The van der Waals surface area contributed by atoms with Crippen LogP contribution in [0.1, 0.15) is 13.3 Å². The third-order valence-corrected chi connectivity index (χ3v) is 5.37. The molecule has 0 amide bonds. The van der Waals surface area contributed by atoms with E-state index in [0.717, 1.165) is 12.1 Å². The lowest BCUT2D eigenvalue weighted by Gasteiger charge is -2.34. The molecular formula is C12H16F2N2O2S. The predicted octanol–water partition coefficient (Wildman–Crippen LogP) is 1.32. The van der Waals surface area contributed by atoms with Crippen LogP contribution < -0.4 is 5.73 Å². The molecule has 1 saturated heterocycles. The van der Waals surface area contributed by atoms with Gasteiger partial charge in [0.05, 0.1) is 4.90 Å². The smallest absolute Gasteiger partial charge is 0.243 e. The Morgan fingerprint density at radius 3 is 2.58 bits per heavy atom. The monoisotopic (exact) mass is 290 g/mol. The Bertz CT molecular complexity index is 577. The van der Waals surface area contributed by atoms with E-state index in [2.05, 4.69) is 0 Å². The van der Waals surface area contributed by atoms with Crippen molar-refractivity contribution in [1.82, 2.24) is 4.31 Å². The third kappa shape index (κ3) is 2.77. The fraction of sp³-hybridized carbons (Fsp3) is 0.500. The summed E-state index contributed by atoms with van der Waals surface area (Å²) in [5, 5.41) is 0. The van der Waals surface area contributed by atoms with Gasteiger partial charge in [0.15, 0.2) is 11.6 Å². The highest BCUT2D eigenvalue weighted by atomic mass is 32.2. The molecule has 106 valence electrons. The molecule has 0 aliphatic carbocycles. The number of hydrogen-bond donors (Lipinski definition) is 1. The Kier molecular flexibility index (Phi) is 3.89. The van der Waals surface area contributed by atoms with E-state index in [-0.39, 0.29) is 23.4 Å². The molecule has 1 aromatic carbocycles. The van der Waals surface area contributed by atoms with E-state index in [1.165, 1.54) is 4.31 Å². The first-order valence-electron chi connectivity index (χ1n) is 6.03. The maximum atomic E-state index is 13.1. The van der Waals surface area contributed by atoms with E-state index in [9.17, 15) is 17.2 Å². The number of nitrogens with zero attached hydrogens (tertiary/aromatic N) is 1. The molecule has 2 unspecified atom stereocenters. The normalized spacial score (nSPS) is 25.5. The zero-order valence-corrected chi connectivity index (χ0v) is 11.3. The molecular weight excluding hydrogens is 274 g/mol. The van der Waals surface area contributed by atoms with E-state index >= 15 is 0 Å². The summed E-state index contributed by atoms with van der Waals surface area (Å²) in [6, 6.07) is 2.34.